The van der Waals surface area contributed by atoms with Crippen LogP contribution in [-0.2, 0) is 4.79 Å². The molecule has 0 fully saturated rings. The molecule has 0 saturated carbocycles. The third kappa shape index (κ3) is 18.4. The number of carbonyl (C=O) groups is 1. The number of rotatable bonds is 2. The molecule has 0 heterocycles. The monoisotopic (exact) mass is 132 g/mol. The van der Waals surface area contributed by atoms with Gasteiger partial charge in [-0.15, -0.1) is 0 Å². The molecule has 0 aromatic rings. The third-order valence-corrected chi connectivity index (χ3v) is 0.583. The van der Waals surface area contributed by atoms with Gasteiger partial charge in [0.2, 0.25) is 0 Å². The number of Topliss-reactive ketones (excluding diaryl/α,β-unsaturated/α-hetero) is 1. The van der Waals surface area contributed by atoms with Crippen molar-refractivity contribution in [2.45, 2.75) is 40.2 Å². The molecule has 1 N–H and O–H groups in total. The summed E-state index contributed by atoms with van der Waals surface area (Å²) in [6.07, 6.45) is -0.197. The van der Waals surface area contributed by atoms with Crippen molar-refractivity contribution in [2.24, 2.45) is 0 Å². The summed E-state index contributed by atoms with van der Waals surface area (Å²) >= 11 is 0. The van der Waals surface area contributed by atoms with Crippen LogP contribution in [0.25, 0.3) is 0 Å². The Morgan fingerprint density at radius 2 is 1.89 bits per heavy atom. The summed E-state index contributed by atoms with van der Waals surface area (Å²) in [5.74, 6) is 0.0370. The molecule has 1 unspecified atom stereocenters. The maximum atomic E-state index is 10.1. The molecule has 0 aromatic heterocycles. The predicted octanol–water partition coefficient (Wildman–Crippen LogP) is 1.37. The molecule has 0 aliphatic heterocycles. The van der Waals surface area contributed by atoms with Gasteiger partial charge < -0.3 is 5.11 Å². The summed E-state index contributed by atoms with van der Waals surface area (Å²) in [4.78, 5) is 10.1. The van der Waals surface area contributed by atoms with E-state index in [4.69, 9.17) is 5.11 Å². The molecule has 0 rings (SSSR count). The number of ketones is 1. The van der Waals surface area contributed by atoms with Crippen LogP contribution in [0.1, 0.15) is 34.1 Å². The van der Waals surface area contributed by atoms with Gasteiger partial charge >= 0.3 is 0 Å². The number of carbonyl (C=O) groups excluding carboxylic acids is 1. The van der Waals surface area contributed by atoms with Crippen LogP contribution in [0.2, 0.25) is 0 Å². The van der Waals surface area contributed by atoms with Crippen LogP contribution in [0, 0.1) is 0 Å². The fourth-order valence-corrected chi connectivity index (χ4v) is 0.416. The fraction of sp³-hybridized carbons (Fsp3) is 0.857. The Balaban J connectivity index is 0. The first-order valence-electron chi connectivity index (χ1n) is 3.30. The highest BCUT2D eigenvalue weighted by atomic mass is 16.3. The molecule has 1 atom stereocenters. The van der Waals surface area contributed by atoms with E-state index in [0.29, 0.717) is 0 Å². The van der Waals surface area contributed by atoms with Crippen LogP contribution >= 0.6 is 0 Å². The molecule has 0 saturated heterocycles. The zero-order valence-corrected chi connectivity index (χ0v) is 6.64. The molecule has 0 amide bonds. The standard InChI is InChI=1S/C5H10O2.C2H6/c1-4(6)3-5(2)7;1-2/h4,6H,3H2,1-2H3;1-2H3. The van der Waals surface area contributed by atoms with Gasteiger partial charge in [0.15, 0.2) is 0 Å². The minimum atomic E-state index is -0.475. The van der Waals surface area contributed by atoms with Gasteiger partial charge in [-0.2, -0.15) is 0 Å². The van der Waals surface area contributed by atoms with E-state index in [1.54, 1.807) is 6.92 Å². The minimum Gasteiger partial charge on any atom is -0.393 e. The van der Waals surface area contributed by atoms with Gasteiger partial charge in [-0.1, -0.05) is 13.8 Å². The molecule has 0 bridgehead atoms. The number of aliphatic hydroxyl groups is 1. The van der Waals surface area contributed by atoms with Crippen LogP contribution in [0.4, 0.5) is 0 Å². The number of hydrogen-bond donors (Lipinski definition) is 1. The Labute approximate surface area is 56.9 Å². The lowest BCUT2D eigenvalue weighted by Crippen LogP contribution is -2.04. The van der Waals surface area contributed by atoms with Crippen LogP contribution in [-0.4, -0.2) is 17.0 Å². The average molecular weight is 132 g/mol. The Kier molecular flexibility index (Phi) is 9.69. The lowest BCUT2D eigenvalue weighted by atomic mass is 10.2. The molecular weight excluding hydrogens is 116 g/mol. The van der Waals surface area contributed by atoms with E-state index in [1.807, 2.05) is 13.8 Å². The van der Waals surface area contributed by atoms with E-state index >= 15 is 0 Å². The second kappa shape index (κ2) is 7.63. The molecule has 56 valence electrons. The SMILES string of the molecule is CC.CC(=O)CC(C)O. The smallest absolute Gasteiger partial charge is 0.132 e. The van der Waals surface area contributed by atoms with Crippen LogP contribution in [0.15, 0.2) is 0 Å². The molecule has 0 radical (unpaired) electrons. The normalized spacial score (nSPS) is 11.2. The largest absolute Gasteiger partial charge is 0.393 e. The van der Waals surface area contributed by atoms with Crippen LogP contribution in [0.5, 0.6) is 0 Å². The summed E-state index contributed by atoms with van der Waals surface area (Å²) in [6.45, 7) is 7.06. The van der Waals surface area contributed by atoms with Crippen LogP contribution < -0.4 is 0 Å². The maximum Gasteiger partial charge on any atom is 0.132 e. The quantitative estimate of drug-likeness (QED) is 0.616. The second-order valence-electron chi connectivity index (χ2n) is 1.76. The summed E-state index contributed by atoms with van der Waals surface area (Å²) in [5.41, 5.74) is 0. The molecule has 0 aromatic carbocycles. The lowest BCUT2D eigenvalue weighted by Gasteiger charge is -1.95. The molecule has 0 spiro atoms. The molecule has 0 aliphatic carbocycles. The highest BCUT2D eigenvalue weighted by Gasteiger charge is 1.96. The first-order chi connectivity index (χ1) is 4.13. The molecule has 2 heteroatoms. The van der Waals surface area contributed by atoms with E-state index in [1.165, 1.54) is 6.92 Å². The fourth-order valence-electron chi connectivity index (χ4n) is 0.416. The van der Waals surface area contributed by atoms with E-state index in [9.17, 15) is 4.79 Å². The van der Waals surface area contributed by atoms with Gasteiger partial charge in [-0.3, -0.25) is 4.79 Å². The zero-order valence-electron chi connectivity index (χ0n) is 6.64. The van der Waals surface area contributed by atoms with Crippen molar-refractivity contribution in [1.82, 2.24) is 0 Å². The van der Waals surface area contributed by atoms with Gasteiger partial charge in [0, 0.05) is 6.42 Å². The second-order valence-corrected chi connectivity index (χ2v) is 1.76. The van der Waals surface area contributed by atoms with Crippen molar-refractivity contribution in [2.75, 3.05) is 0 Å². The van der Waals surface area contributed by atoms with E-state index in [-0.39, 0.29) is 12.2 Å². The summed E-state index contributed by atoms with van der Waals surface area (Å²) in [7, 11) is 0. The highest BCUT2D eigenvalue weighted by Crippen LogP contribution is 1.87. The minimum absolute atomic E-state index is 0.0370. The van der Waals surface area contributed by atoms with Crippen molar-refractivity contribution in [1.29, 1.82) is 0 Å². The van der Waals surface area contributed by atoms with Crippen molar-refractivity contribution in [3.05, 3.63) is 0 Å². The Hall–Kier alpha value is -0.370. The molecule has 2 nitrogen and oxygen atoms in total. The van der Waals surface area contributed by atoms with E-state index in [0.717, 1.165) is 0 Å². The molecule has 9 heavy (non-hydrogen) atoms. The first-order valence-corrected chi connectivity index (χ1v) is 3.30. The van der Waals surface area contributed by atoms with Gasteiger partial charge in [0.05, 0.1) is 6.10 Å². The van der Waals surface area contributed by atoms with Gasteiger partial charge in [0.25, 0.3) is 0 Å². The predicted molar refractivity (Wildman–Crippen MR) is 38.3 cm³/mol. The topological polar surface area (TPSA) is 37.3 Å². The van der Waals surface area contributed by atoms with E-state index in [2.05, 4.69) is 0 Å². The summed E-state index contributed by atoms with van der Waals surface area (Å²) < 4.78 is 0. The van der Waals surface area contributed by atoms with Gasteiger partial charge in [-0.05, 0) is 13.8 Å². The molecule has 0 aliphatic rings. The maximum absolute atomic E-state index is 10.1. The lowest BCUT2D eigenvalue weighted by molar-refractivity contribution is -0.118. The van der Waals surface area contributed by atoms with E-state index < -0.39 is 6.10 Å². The van der Waals surface area contributed by atoms with Crippen molar-refractivity contribution in [3.63, 3.8) is 0 Å². The molecular formula is C7H16O2. The Morgan fingerprint density at radius 3 is 1.89 bits per heavy atom. The highest BCUT2D eigenvalue weighted by molar-refractivity contribution is 5.75. The third-order valence-electron chi connectivity index (χ3n) is 0.583. The van der Waals surface area contributed by atoms with Crippen molar-refractivity contribution < 1.29 is 9.90 Å². The first kappa shape index (κ1) is 11.4. The zero-order chi connectivity index (χ0) is 7.86. The Bertz CT molecular complexity index is 67.3. The summed E-state index contributed by atoms with van der Waals surface area (Å²) in [5, 5.41) is 8.50. The Morgan fingerprint density at radius 1 is 1.56 bits per heavy atom. The summed E-state index contributed by atoms with van der Waals surface area (Å²) in [6, 6.07) is 0. The van der Waals surface area contributed by atoms with Crippen LogP contribution in [0.3, 0.4) is 0 Å². The van der Waals surface area contributed by atoms with Gasteiger partial charge in [0.1, 0.15) is 5.78 Å². The van der Waals surface area contributed by atoms with Crippen molar-refractivity contribution >= 4 is 5.78 Å². The van der Waals surface area contributed by atoms with Gasteiger partial charge in [-0.25, -0.2) is 0 Å². The number of hydrogen-bond acceptors (Lipinski definition) is 2. The van der Waals surface area contributed by atoms with Crippen molar-refractivity contribution in [3.8, 4) is 0 Å². The number of aliphatic hydroxyl groups excluding tert-OH is 1. The average Bonchev–Trinajstić information content (AvgIpc) is 1.68.